The Morgan fingerprint density at radius 1 is 0.800 bits per heavy atom. The molecule has 3 aromatic carbocycles. The lowest BCUT2D eigenvalue weighted by molar-refractivity contribution is -0.123. The minimum Gasteiger partial charge on any atom is -0.352 e. The molecular weight excluding hydrogens is 524 g/mol. The van der Waals surface area contributed by atoms with Crippen LogP contribution in [-0.2, 0) is 21.2 Å². The topological polar surface area (TPSA) is 116 Å². The number of sulfonamides is 1. The zero-order valence-corrected chi connectivity index (χ0v) is 23.7. The van der Waals surface area contributed by atoms with Crippen molar-refractivity contribution in [3.05, 3.63) is 90.0 Å². The largest absolute Gasteiger partial charge is 0.352 e. The van der Waals surface area contributed by atoms with Gasteiger partial charge in [0.15, 0.2) is 0 Å². The molecule has 3 aromatic rings. The van der Waals surface area contributed by atoms with Crippen LogP contribution in [0.3, 0.4) is 0 Å². The zero-order valence-electron chi connectivity index (χ0n) is 22.9. The number of carbonyl (C=O) groups is 2. The summed E-state index contributed by atoms with van der Waals surface area (Å²) in [5, 5.41) is 8.77. The summed E-state index contributed by atoms with van der Waals surface area (Å²) in [5.41, 5.74) is 2.75. The molecule has 0 aliphatic heterocycles. The van der Waals surface area contributed by atoms with E-state index in [-0.39, 0.29) is 16.8 Å². The van der Waals surface area contributed by atoms with Gasteiger partial charge in [0.2, 0.25) is 5.91 Å². The summed E-state index contributed by atoms with van der Waals surface area (Å²) in [6.45, 7) is 1.89. The average molecular weight is 563 g/mol. The number of aryl methyl sites for hydroxylation is 1. The highest BCUT2D eigenvalue weighted by Gasteiger charge is 2.24. The van der Waals surface area contributed by atoms with Crippen LogP contribution in [0.1, 0.15) is 56.1 Å². The Morgan fingerprint density at radius 3 is 2.05 bits per heavy atom. The number of urea groups is 1. The normalized spacial score (nSPS) is 15.2. The fraction of sp³-hybridized carbons (Fsp3) is 0.355. The number of amides is 3. The predicted octanol–water partition coefficient (Wildman–Crippen LogP) is 5.76. The molecule has 0 saturated heterocycles. The Bertz CT molecular complexity index is 1350. The van der Waals surface area contributed by atoms with Gasteiger partial charge in [0.1, 0.15) is 6.04 Å². The molecule has 0 aromatic heterocycles. The SMILES string of the molecule is Cc1ccc(S(=O)(=O)Nc2ccc(NC(=O)N[C@H](Cc3ccccc3)C(=O)NC3CCCCCCC3)cc2)cc1. The fourth-order valence-corrected chi connectivity index (χ4v) is 5.90. The minimum atomic E-state index is -3.73. The molecule has 1 aliphatic rings. The summed E-state index contributed by atoms with van der Waals surface area (Å²) < 4.78 is 27.9. The van der Waals surface area contributed by atoms with Crippen molar-refractivity contribution >= 4 is 33.3 Å². The highest BCUT2D eigenvalue weighted by molar-refractivity contribution is 7.92. The van der Waals surface area contributed by atoms with Gasteiger partial charge in [0, 0.05) is 23.8 Å². The first-order valence-corrected chi connectivity index (χ1v) is 15.4. The van der Waals surface area contributed by atoms with Crippen LogP contribution in [0.5, 0.6) is 0 Å². The van der Waals surface area contributed by atoms with Gasteiger partial charge in [-0.15, -0.1) is 0 Å². The van der Waals surface area contributed by atoms with Crippen molar-refractivity contribution in [2.75, 3.05) is 10.0 Å². The number of rotatable bonds is 9. The third-order valence-electron chi connectivity index (χ3n) is 7.08. The second-order valence-corrected chi connectivity index (χ2v) is 12.1. The molecule has 0 bridgehead atoms. The fourth-order valence-electron chi connectivity index (χ4n) is 4.84. The van der Waals surface area contributed by atoms with Crippen LogP contribution >= 0.6 is 0 Å². The van der Waals surface area contributed by atoms with Crippen LogP contribution in [-0.4, -0.2) is 32.4 Å². The maximum Gasteiger partial charge on any atom is 0.319 e. The first kappa shape index (κ1) is 29.1. The molecule has 212 valence electrons. The molecule has 1 fully saturated rings. The Balaban J connectivity index is 1.38. The summed E-state index contributed by atoms with van der Waals surface area (Å²) in [4.78, 5) is 26.4. The molecule has 0 radical (unpaired) electrons. The van der Waals surface area contributed by atoms with Gasteiger partial charge in [-0.1, -0.05) is 80.1 Å². The first-order chi connectivity index (χ1) is 19.3. The molecule has 1 atom stereocenters. The quantitative estimate of drug-likeness (QED) is 0.265. The van der Waals surface area contributed by atoms with Crippen molar-refractivity contribution in [2.45, 2.75) is 75.3 Å². The second kappa shape index (κ2) is 14.0. The van der Waals surface area contributed by atoms with Crippen LogP contribution < -0.4 is 20.7 Å². The van der Waals surface area contributed by atoms with Crippen molar-refractivity contribution in [3.8, 4) is 0 Å². The summed E-state index contributed by atoms with van der Waals surface area (Å²) in [7, 11) is -3.73. The van der Waals surface area contributed by atoms with Gasteiger partial charge in [-0.2, -0.15) is 0 Å². The van der Waals surface area contributed by atoms with Gasteiger partial charge in [-0.25, -0.2) is 13.2 Å². The molecule has 3 amide bonds. The molecule has 1 saturated carbocycles. The van der Waals surface area contributed by atoms with E-state index in [1.807, 2.05) is 37.3 Å². The van der Waals surface area contributed by atoms with Crippen LogP contribution in [0.4, 0.5) is 16.2 Å². The molecule has 4 rings (SSSR count). The van der Waals surface area contributed by atoms with Gasteiger partial charge >= 0.3 is 6.03 Å². The maximum absolute atomic E-state index is 13.3. The van der Waals surface area contributed by atoms with Crippen LogP contribution in [0.2, 0.25) is 0 Å². The molecular formula is C31H38N4O4S. The number of benzene rings is 3. The third-order valence-corrected chi connectivity index (χ3v) is 8.48. The highest BCUT2D eigenvalue weighted by Crippen LogP contribution is 2.20. The van der Waals surface area contributed by atoms with E-state index in [0.717, 1.165) is 36.8 Å². The summed E-state index contributed by atoms with van der Waals surface area (Å²) in [6, 6.07) is 21.4. The Labute approximate surface area is 237 Å². The van der Waals surface area contributed by atoms with E-state index in [0.29, 0.717) is 17.8 Å². The number of nitrogens with one attached hydrogen (secondary N) is 4. The molecule has 0 unspecified atom stereocenters. The summed E-state index contributed by atoms with van der Waals surface area (Å²) in [6.07, 6.45) is 8.09. The number of carbonyl (C=O) groups excluding carboxylic acids is 2. The second-order valence-electron chi connectivity index (χ2n) is 10.4. The molecule has 40 heavy (non-hydrogen) atoms. The van der Waals surface area contributed by atoms with Gasteiger partial charge in [-0.05, 0) is 61.7 Å². The molecule has 0 heterocycles. The van der Waals surface area contributed by atoms with Crippen molar-refractivity contribution in [3.63, 3.8) is 0 Å². The van der Waals surface area contributed by atoms with Gasteiger partial charge in [-0.3, -0.25) is 9.52 Å². The standard InChI is InChI=1S/C31H38N4O4S/c1-23-14-20-28(21-15-23)40(38,39)35-27-18-16-26(17-19-27)33-31(37)34-29(22-24-10-6-5-7-11-24)30(36)32-25-12-8-3-2-4-9-13-25/h5-7,10-11,14-21,25,29,35H,2-4,8-9,12-13,22H2,1H3,(H,32,36)(H2,33,34,37)/t29-/m1/s1. The molecule has 1 aliphatic carbocycles. The Hall–Kier alpha value is -3.85. The molecule has 0 spiro atoms. The third kappa shape index (κ3) is 8.84. The van der Waals surface area contributed by atoms with Crippen molar-refractivity contribution in [1.29, 1.82) is 0 Å². The summed E-state index contributed by atoms with van der Waals surface area (Å²) >= 11 is 0. The lowest BCUT2D eigenvalue weighted by atomic mass is 9.96. The number of anilines is 2. The lowest BCUT2D eigenvalue weighted by Crippen LogP contribution is -2.51. The van der Waals surface area contributed by atoms with E-state index in [1.54, 1.807) is 48.5 Å². The van der Waals surface area contributed by atoms with E-state index in [9.17, 15) is 18.0 Å². The lowest BCUT2D eigenvalue weighted by Gasteiger charge is -2.25. The summed E-state index contributed by atoms with van der Waals surface area (Å²) in [5.74, 6) is -0.189. The van der Waals surface area contributed by atoms with Gasteiger partial charge < -0.3 is 16.0 Å². The van der Waals surface area contributed by atoms with E-state index in [2.05, 4.69) is 20.7 Å². The van der Waals surface area contributed by atoms with Crippen LogP contribution in [0.15, 0.2) is 83.8 Å². The minimum absolute atomic E-state index is 0.118. The monoisotopic (exact) mass is 562 g/mol. The zero-order chi connectivity index (χ0) is 28.4. The molecule has 8 nitrogen and oxygen atoms in total. The van der Waals surface area contributed by atoms with E-state index < -0.39 is 22.1 Å². The molecule has 4 N–H and O–H groups in total. The van der Waals surface area contributed by atoms with E-state index in [4.69, 9.17) is 0 Å². The van der Waals surface area contributed by atoms with Crippen molar-refractivity contribution in [1.82, 2.24) is 10.6 Å². The Morgan fingerprint density at radius 2 is 1.40 bits per heavy atom. The van der Waals surface area contributed by atoms with Crippen molar-refractivity contribution < 1.29 is 18.0 Å². The smallest absolute Gasteiger partial charge is 0.319 e. The van der Waals surface area contributed by atoms with Crippen LogP contribution in [0.25, 0.3) is 0 Å². The first-order valence-electron chi connectivity index (χ1n) is 13.9. The van der Waals surface area contributed by atoms with Crippen molar-refractivity contribution in [2.24, 2.45) is 0 Å². The van der Waals surface area contributed by atoms with Gasteiger partial charge in [0.25, 0.3) is 10.0 Å². The van der Waals surface area contributed by atoms with E-state index >= 15 is 0 Å². The highest BCUT2D eigenvalue weighted by atomic mass is 32.2. The Kier molecular flexibility index (Phi) is 10.2. The number of hydrogen-bond donors (Lipinski definition) is 4. The van der Waals surface area contributed by atoms with Gasteiger partial charge in [0.05, 0.1) is 4.90 Å². The maximum atomic E-state index is 13.3. The predicted molar refractivity (Wildman–Crippen MR) is 159 cm³/mol. The average Bonchev–Trinajstić information content (AvgIpc) is 2.91. The molecule has 9 heteroatoms. The van der Waals surface area contributed by atoms with E-state index in [1.165, 1.54) is 19.3 Å². The van der Waals surface area contributed by atoms with Crippen LogP contribution in [0, 0.1) is 6.92 Å². The number of hydrogen-bond acceptors (Lipinski definition) is 4.